The average molecular weight is 240 g/mol. The summed E-state index contributed by atoms with van der Waals surface area (Å²) in [5.41, 5.74) is 13.0. The van der Waals surface area contributed by atoms with Crippen molar-refractivity contribution in [1.29, 1.82) is 0 Å². The molecule has 0 saturated carbocycles. The van der Waals surface area contributed by atoms with E-state index in [0.717, 1.165) is 25.7 Å². The van der Waals surface area contributed by atoms with Crippen LogP contribution in [0.15, 0.2) is 0 Å². The van der Waals surface area contributed by atoms with Gasteiger partial charge in [-0.25, -0.2) is 0 Å². The topological polar surface area (TPSA) is 0 Å². The van der Waals surface area contributed by atoms with E-state index in [0.29, 0.717) is 0 Å². The lowest BCUT2D eigenvalue weighted by atomic mass is 10.5. The third kappa shape index (κ3) is 6.59. The van der Waals surface area contributed by atoms with Gasteiger partial charge in [0, 0.05) is 25.7 Å². The average Bonchev–Trinajstić information content (AvgIpc) is 2.37. The van der Waals surface area contributed by atoms with Crippen molar-refractivity contribution in [3.05, 3.63) is 0 Å². The van der Waals surface area contributed by atoms with E-state index in [-0.39, 0.29) is 0 Å². The minimum Gasteiger partial charge on any atom is -0.107 e. The molecule has 0 atom stereocenters. The molecule has 0 fully saturated rings. The molecule has 0 heterocycles. The molecule has 0 spiro atoms. The molecular weight excluding hydrogens is 220 g/mol. The summed E-state index contributed by atoms with van der Waals surface area (Å²) in [5, 5.41) is 0. The van der Waals surface area contributed by atoms with E-state index in [2.05, 4.69) is 45.9 Å². The second-order valence-corrected chi connectivity index (χ2v) is 5.87. The Labute approximate surface area is 108 Å². The summed E-state index contributed by atoms with van der Waals surface area (Å²) in [4.78, 5) is 0. The van der Waals surface area contributed by atoms with Gasteiger partial charge in [0.2, 0.25) is 0 Å². The maximum atomic E-state index is 3.26. The lowest BCUT2D eigenvalue weighted by Crippen LogP contribution is -2.28. The molecule has 1 heteroatoms. The van der Waals surface area contributed by atoms with Crippen LogP contribution in [0, 0.1) is 45.9 Å². The zero-order chi connectivity index (χ0) is 13.0. The van der Waals surface area contributed by atoms with Crippen LogP contribution in [-0.2, 0) is 0 Å². The summed E-state index contributed by atoms with van der Waals surface area (Å²) in [5.74, 6) is 12.5. The summed E-state index contributed by atoms with van der Waals surface area (Å²) >= 11 is 0. The smallest absolute Gasteiger partial charge is 0.107 e. The molecule has 0 amide bonds. The molecule has 0 aromatic heterocycles. The Morgan fingerprint density at radius 3 is 0.941 bits per heavy atom. The van der Waals surface area contributed by atoms with Crippen LogP contribution in [0.1, 0.15) is 53.4 Å². The fraction of sp³-hybridized carbons (Fsp3) is 0.500. The third-order valence-electron chi connectivity index (χ3n) is 1.81. The molecule has 0 nitrogen and oxygen atoms in total. The first-order chi connectivity index (χ1) is 8.24. The highest BCUT2D eigenvalue weighted by atomic mass is 28.3. The molecule has 0 unspecified atom stereocenters. The van der Waals surface area contributed by atoms with Crippen LogP contribution in [0.25, 0.3) is 0 Å². The Morgan fingerprint density at radius 1 is 0.529 bits per heavy atom. The predicted octanol–water partition coefficient (Wildman–Crippen LogP) is 3.25. The lowest BCUT2D eigenvalue weighted by Gasteiger charge is -2.02. The number of hydrogen-bond acceptors (Lipinski definition) is 0. The fourth-order valence-electron chi connectivity index (χ4n) is 1.07. The van der Waals surface area contributed by atoms with E-state index in [4.69, 9.17) is 0 Å². The summed E-state index contributed by atoms with van der Waals surface area (Å²) in [6.07, 6.45) is 3.35. The highest BCUT2D eigenvalue weighted by Gasteiger charge is 2.24. The lowest BCUT2D eigenvalue weighted by molar-refractivity contribution is 1.28. The van der Waals surface area contributed by atoms with Gasteiger partial charge in [-0.1, -0.05) is 49.9 Å². The number of hydrogen-bond donors (Lipinski definition) is 0. The van der Waals surface area contributed by atoms with Crippen LogP contribution >= 0.6 is 0 Å². The molecule has 0 aromatic carbocycles. The minimum absolute atomic E-state index is 0.837. The molecule has 0 bridgehead atoms. The van der Waals surface area contributed by atoms with Crippen molar-refractivity contribution in [2.75, 3.05) is 0 Å². The highest BCUT2D eigenvalue weighted by molar-refractivity contribution is 7.06. The zero-order valence-electron chi connectivity index (χ0n) is 11.3. The molecule has 0 rings (SSSR count). The molecule has 0 saturated heterocycles. The Morgan fingerprint density at radius 2 is 0.765 bits per heavy atom. The molecular formula is C16H20Si. The van der Waals surface area contributed by atoms with E-state index >= 15 is 0 Å². The van der Waals surface area contributed by atoms with Crippen LogP contribution in [-0.4, -0.2) is 8.07 Å². The normalized spacial score (nSPS) is 8.24. The van der Waals surface area contributed by atoms with Crippen molar-refractivity contribution in [3.63, 3.8) is 0 Å². The van der Waals surface area contributed by atoms with Gasteiger partial charge in [-0.2, -0.15) is 0 Å². The predicted molar refractivity (Wildman–Crippen MR) is 78.0 cm³/mol. The summed E-state index contributed by atoms with van der Waals surface area (Å²) in [7, 11) is -2.32. The van der Waals surface area contributed by atoms with Crippen LogP contribution in [0.3, 0.4) is 0 Å². The Balaban J connectivity index is 5.51. The van der Waals surface area contributed by atoms with Crippen molar-refractivity contribution in [2.24, 2.45) is 0 Å². The number of rotatable bonds is 0. The monoisotopic (exact) mass is 240 g/mol. The molecule has 0 aliphatic rings. The van der Waals surface area contributed by atoms with E-state index in [9.17, 15) is 0 Å². The largest absolute Gasteiger partial charge is 0.369 e. The van der Waals surface area contributed by atoms with Gasteiger partial charge >= 0.3 is 8.07 Å². The Bertz CT molecular complexity index is 361. The molecule has 0 aromatic rings. The van der Waals surface area contributed by atoms with Gasteiger partial charge in [-0.3, -0.25) is 0 Å². The van der Waals surface area contributed by atoms with Crippen molar-refractivity contribution < 1.29 is 0 Å². The molecule has 0 aliphatic heterocycles. The van der Waals surface area contributed by atoms with Crippen molar-refractivity contribution in [2.45, 2.75) is 53.4 Å². The summed E-state index contributed by atoms with van der Waals surface area (Å²) in [6, 6.07) is 0. The second-order valence-electron chi connectivity index (χ2n) is 3.37. The van der Waals surface area contributed by atoms with E-state index in [1.807, 2.05) is 27.7 Å². The van der Waals surface area contributed by atoms with Crippen LogP contribution in [0.4, 0.5) is 0 Å². The third-order valence-corrected chi connectivity index (χ3v) is 4.02. The van der Waals surface area contributed by atoms with Gasteiger partial charge < -0.3 is 0 Å². The van der Waals surface area contributed by atoms with Crippen molar-refractivity contribution >= 4 is 8.07 Å². The molecule has 0 aliphatic carbocycles. The second kappa shape index (κ2) is 9.67. The van der Waals surface area contributed by atoms with E-state index in [1.165, 1.54) is 0 Å². The van der Waals surface area contributed by atoms with Gasteiger partial charge in [0.15, 0.2) is 0 Å². The standard InChI is InChI=1S/C16H20Si/c1-5-9-13-17(14-10-6-2,15-11-7-3)16-12-8-4/h5-8H2,1-4H3. The van der Waals surface area contributed by atoms with Crippen molar-refractivity contribution in [3.8, 4) is 45.9 Å². The molecule has 0 radical (unpaired) electrons. The molecule has 0 N–H and O–H groups in total. The van der Waals surface area contributed by atoms with Crippen LogP contribution in [0.5, 0.6) is 0 Å². The van der Waals surface area contributed by atoms with Gasteiger partial charge in [0.1, 0.15) is 0 Å². The molecule has 17 heavy (non-hydrogen) atoms. The van der Waals surface area contributed by atoms with Gasteiger partial charge in [0.05, 0.1) is 0 Å². The Hall–Kier alpha value is -1.54. The van der Waals surface area contributed by atoms with Crippen molar-refractivity contribution in [1.82, 2.24) is 0 Å². The first-order valence-corrected chi connectivity index (χ1v) is 8.24. The van der Waals surface area contributed by atoms with Gasteiger partial charge in [-0.05, 0) is 0 Å². The van der Waals surface area contributed by atoms with Gasteiger partial charge in [0.25, 0.3) is 0 Å². The minimum atomic E-state index is -2.32. The summed E-state index contributed by atoms with van der Waals surface area (Å²) in [6.45, 7) is 8.17. The summed E-state index contributed by atoms with van der Waals surface area (Å²) < 4.78 is 0. The SMILES string of the molecule is CCC#C[Si](C#CCC)(C#CCC)C#CCC. The van der Waals surface area contributed by atoms with Crippen LogP contribution in [0.2, 0.25) is 0 Å². The van der Waals surface area contributed by atoms with Gasteiger partial charge in [-0.15, -0.1) is 23.7 Å². The Kier molecular flexibility index (Phi) is 8.79. The van der Waals surface area contributed by atoms with E-state index < -0.39 is 8.07 Å². The van der Waals surface area contributed by atoms with Crippen LogP contribution < -0.4 is 0 Å². The fourth-order valence-corrected chi connectivity index (χ4v) is 3.21. The zero-order valence-corrected chi connectivity index (χ0v) is 12.3. The first kappa shape index (κ1) is 15.5. The maximum absolute atomic E-state index is 3.26. The quantitative estimate of drug-likeness (QED) is 0.450. The maximum Gasteiger partial charge on any atom is 0.369 e. The van der Waals surface area contributed by atoms with E-state index in [1.54, 1.807) is 0 Å². The highest BCUT2D eigenvalue weighted by Crippen LogP contribution is 1.99. The molecule has 88 valence electrons. The first-order valence-electron chi connectivity index (χ1n) is 6.24.